The topological polar surface area (TPSA) is 81.7 Å². The Balaban J connectivity index is 1.41. The Labute approximate surface area is 174 Å². The summed E-state index contributed by atoms with van der Waals surface area (Å²) >= 11 is 0. The quantitative estimate of drug-likeness (QED) is 0.452. The van der Waals surface area contributed by atoms with Gasteiger partial charge in [-0.1, -0.05) is 42.5 Å². The number of Topliss-reactive ketones (excluding diaryl/α,β-unsaturated/α-hetero) is 1. The zero-order valence-corrected chi connectivity index (χ0v) is 16.5. The Morgan fingerprint density at radius 1 is 0.767 bits per heavy atom. The summed E-state index contributed by atoms with van der Waals surface area (Å²) in [5, 5.41) is 2.68. The minimum absolute atomic E-state index is 0.0540. The van der Waals surface area contributed by atoms with E-state index in [2.05, 4.69) is 5.32 Å². The van der Waals surface area contributed by atoms with Crippen molar-refractivity contribution in [3.05, 3.63) is 84.4 Å². The molecule has 30 heavy (non-hydrogen) atoms. The van der Waals surface area contributed by atoms with Gasteiger partial charge in [0, 0.05) is 11.3 Å². The highest BCUT2D eigenvalue weighted by Gasteiger charge is 2.09. The van der Waals surface area contributed by atoms with E-state index in [0.29, 0.717) is 17.0 Å². The number of nitrogens with one attached hydrogen (secondary N) is 1. The highest BCUT2D eigenvalue weighted by molar-refractivity contribution is 5.94. The monoisotopic (exact) mass is 403 g/mol. The van der Waals surface area contributed by atoms with Gasteiger partial charge in [-0.25, -0.2) is 4.79 Å². The van der Waals surface area contributed by atoms with Crippen molar-refractivity contribution in [1.29, 1.82) is 0 Å². The first-order valence-corrected chi connectivity index (χ1v) is 9.36. The number of anilines is 1. The first-order chi connectivity index (χ1) is 14.5. The van der Waals surface area contributed by atoms with Crippen LogP contribution in [0.1, 0.15) is 17.3 Å². The lowest BCUT2D eigenvalue weighted by atomic mass is 10.1. The molecule has 0 heterocycles. The van der Waals surface area contributed by atoms with E-state index >= 15 is 0 Å². The van der Waals surface area contributed by atoms with Gasteiger partial charge in [-0.15, -0.1) is 0 Å². The van der Waals surface area contributed by atoms with Crippen molar-refractivity contribution in [3.63, 3.8) is 0 Å². The average molecular weight is 403 g/mol. The molecular weight excluding hydrogens is 382 g/mol. The SMILES string of the molecule is CC(=O)c1ccc(OCC(=O)OCC(=O)Nc2ccc(-c3ccccc3)cc2)cc1. The molecule has 6 nitrogen and oxygen atoms in total. The van der Waals surface area contributed by atoms with Crippen molar-refractivity contribution in [3.8, 4) is 16.9 Å². The van der Waals surface area contributed by atoms with Crippen molar-refractivity contribution in [2.75, 3.05) is 18.5 Å². The van der Waals surface area contributed by atoms with E-state index in [4.69, 9.17) is 9.47 Å². The van der Waals surface area contributed by atoms with Gasteiger partial charge in [0.1, 0.15) is 5.75 Å². The molecule has 152 valence electrons. The van der Waals surface area contributed by atoms with E-state index in [9.17, 15) is 14.4 Å². The second kappa shape index (κ2) is 10.0. The summed E-state index contributed by atoms with van der Waals surface area (Å²) in [6.07, 6.45) is 0. The Kier molecular flexibility index (Phi) is 6.95. The molecule has 1 N–H and O–H groups in total. The largest absolute Gasteiger partial charge is 0.482 e. The molecule has 3 rings (SSSR count). The van der Waals surface area contributed by atoms with Crippen molar-refractivity contribution in [2.45, 2.75) is 6.92 Å². The van der Waals surface area contributed by atoms with E-state index < -0.39 is 18.5 Å². The van der Waals surface area contributed by atoms with Gasteiger partial charge < -0.3 is 14.8 Å². The number of hydrogen-bond donors (Lipinski definition) is 1. The van der Waals surface area contributed by atoms with E-state index in [0.717, 1.165) is 11.1 Å². The molecule has 0 atom stereocenters. The maximum Gasteiger partial charge on any atom is 0.344 e. The summed E-state index contributed by atoms with van der Waals surface area (Å²) in [6, 6.07) is 23.7. The highest BCUT2D eigenvalue weighted by atomic mass is 16.6. The van der Waals surface area contributed by atoms with Crippen molar-refractivity contribution in [1.82, 2.24) is 0 Å². The maximum atomic E-state index is 12.0. The molecule has 0 aliphatic carbocycles. The second-order valence-corrected chi connectivity index (χ2v) is 6.52. The molecule has 3 aromatic rings. The first-order valence-electron chi connectivity index (χ1n) is 9.36. The second-order valence-electron chi connectivity index (χ2n) is 6.52. The fourth-order valence-electron chi connectivity index (χ4n) is 2.69. The number of hydrogen-bond acceptors (Lipinski definition) is 5. The van der Waals surface area contributed by atoms with E-state index in [1.165, 1.54) is 6.92 Å². The van der Waals surface area contributed by atoms with Crippen LogP contribution in [0.15, 0.2) is 78.9 Å². The lowest BCUT2D eigenvalue weighted by Crippen LogP contribution is -2.23. The summed E-state index contributed by atoms with van der Waals surface area (Å²) in [4.78, 5) is 35.0. The molecule has 0 aliphatic heterocycles. The third-order valence-corrected chi connectivity index (χ3v) is 4.26. The van der Waals surface area contributed by atoms with Crippen LogP contribution in [-0.2, 0) is 14.3 Å². The number of rotatable bonds is 8. The molecule has 0 radical (unpaired) electrons. The molecule has 0 fully saturated rings. The summed E-state index contributed by atoms with van der Waals surface area (Å²) in [5.74, 6) is -0.733. The highest BCUT2D eigenvalue weighted by Crippen LogP contribution is 2.21. The zero-order valence-electron chi connectivity index (χ0n) is 16.5. The van der Waals surface area contributed by atoms with Crippen LogP contribution in [-0.4, -0.2) is 30.9 Å². The minimum Gasteiger partial charge on any atom is -0.482 e. The van der Waals surface area contributed by atoms with E-state index in [-0.39, 0.29) is 12.4 Å². The fourth-order valence-corrected chi connectivity index (χ4v) is 2.69. The lowest BCUT2D eigenvalue weighted by Gasteiger charge is -2.09. The molecule has 0 saturated carbocycles. The van der Waals surface area contributed by atoms with Gasteiger partial charge in [0.25, 0.3) is 5.91 Å². The van der Waals surface area contributed by atoms with Gasteiger partial charge >= 0.3 is 5.97 Å². The van der Waals surface area contributed by atoms with Crippen LogP contribution in [0.3, 0.4) is 0 Å². The fraction of sp³-hybridized carbons (Fsp3) is 0.125. The Hall–Kier alpha value is -3.93. The Bertz CT molecular complexity index is 1010. The number of amides is 1. The number of benzene rings is 3. The molecular formula is C24H21NO5. The van der Waals surface area contributed by atoms with Crippen LogP contribution in [0.4, 0.5) is 5.69 Å². The molecule has 6 heteroatoms. The van der Waals surface area contributed by atoms with Gasteiger partial charge in [0.2, 0.25) is 0 Å². The van der Waals surface area contributed by atoms with Gasteiger partial charge in [-0.05, 0) is 54.4 Å². The molecule has 0 bridgehead atoms. The summed E-state index contributed by atoms with van der Waals surface area (Å²) in [6.45, 7) is 0.723. The molecule has 0 unspecified atom stereocenters. The Morgan fingerprint density at radius 3 is 2.03 bits per heavy atom. The third kappa shape index (κ3) is 6.04. The number of carbonyl (C=O) groups excluding carboxylic acids is 3. The Morgan fingerprint density at radius 2 is 1.40 bits per heavy atom. The van der Waals surface area contributed by atoms with Crippen LogP contribution >= 0.6 is 0 Å². The van der Waals surface area contributed by atoms with Crippen LogP contribution < -0.4 is 10.1 Å². The number of esters is 1. The summed E-state index contributed by atoms with van der Waals surface area (Å²) in [7, 11) is 0. The first kappa shape index (κ1) is 20.8. The predicted octanol–water partition coefficient (Wildman–Crippen LogP) is 4.12. The molecule has 0 aliphatic rings. The van der Waals surface area contributed by atoms with Crippen LogP contribution in [0.2, 0.25) is 0 Å². The number of ether oxygens (including phenoxy) is 2. The van der Waals surface area contributed by atoms with Crippen LogP contribution in [0.5, 0.6) is 5.75 Å². The van der Waals surface area contributed by atoms with Gasteiger partial charge in [-0.3, -0.25) is 9.59 Å². The van der Waals surface area contributed by atoms with Gasteiger partial charge in [0.15, 0.2) is 19.0 Å². The normalized spacial score (nSPS) is 10.2. The van der Waals surface area contributed by atoms with Crippen LogP contribution in [0.25, 0.3) is 11.1 Å². The van der Waals surface area contributed by atoms with Gasteiger partial charge in [0.05, 0.1) is 0 Å². The standard InChI is InChI=1S/C24H21NO5/c1-17(26)18-9-13-22(14-10-18)29-16-24(28)30-15-23(27)25-21-11-7-20(8-12-21)19-5-3-2-4-6-19/h2-14H,15-16H2,1H3,(H,25,27). The minimum atomic E-state index is -0.666. The molecule has 1 amide bonds. The summed E-state index contributed by atoms with van der Waals surface area (Å²) in [5.41, 5.74) is 3.28. The molecule has 0 spiro atoms. The number of ketones is 1. The smallest absolute Gasteiger partial charge is 0.344 e. The molecule has 3 aromatic carbocycles. The molecule has 0 saturated heterocycles. The van der Waals surface area contributed by atoms with Crippen molar-refractivity contribution >= 4 is 23.3 Å². The third-order valence-electron chi connectivity index (χ3n) is 4.26. The zero-order chi connectivity index (χ0) is 21.3. The van der Waals surface area contributed by atoms with Crippen molar-refractivity contribution in [2.24, 2.45) is 0 Å². The summed E-state index contributed by atoms with van der Waals surface area (Å²) < 4.78 is 10.2. The predicted molar refractivity (Wildman–Crippen MR) is 113 cm³/mol. The van der Waals surface area contributed by atoms with Crippen LogP contribution in [0, 0.1) is 0 Å². The van der Waals surface area contributed by atoms with Gasteiger partial charge in [-0.2, -0.15) is 0 Å². The maximum absolute atomic E-state index is 12.0. The molecule has 0 aromatic heterocycles. The average Bonchev–Trinajstić information content (AvgIpc) is 2.77. The van der Waals surface area contributed by atoms with E-state index in [1.54, 1.807) is 36.4 Å². The lowest BCUT2D eigenvalue weighted by molar-refractivity contribution is -0.149. The van der Waals surface area contributed by atoms with Crippen molar-refractivity contribution < 1.29 is 23.9 Å². The van der Waals surface area contributed by atoms with E-state index in [1.807, 2.05) is 42.5 Å². The number of carbonyl (C=O) groups is 3.